The van der Waals surface area contributed by atoms with Crippen LogP contribution in [-0.2, 0) is 9.59 Å². The van der Waals surface area contributed by atoms with Crippen molar-refractivity contribution in [2.75, 3.05) is 19.0 Å². The van der Waals surface area contributed by atoms with Crippen LogP contribution >= 0.6 is 11.6 Å². The van der Waals surface area contributed by atoms with E-state index in [4.69, 9.17) is 21.1 Å². The van der Waals surface area contributed by atoms with Crippen molar-refractivity contribution in [1.82, 2.24) is 10.2 Å². The minimum Gasteiger partial charge on any atom is -0.493 e. The van der Waals surface area contributed by atoms with Gasteiger partial charge in [0.05, 0.1) is 18.2 Å². The third kappa shape index (κ3) is 5.84. The summed E-state index contributed by atoms with van der Waals surface area (Å²) >= 11 is 6.38. The molecule has 0 saturated carbocycles. The molecule has 2 N–H and O–H groups in total. The maximum absolute atomic E-state index is 12.8. The van der Waals surface area contributed by atoms with Gasteiger partial charge in [0.25, 0.3) is 5.91 Å². The van der Waals surface area contributed by atoms with E-state index in [-0.39, 0.29) is 11.8 Å². The molecular formula is C24H26ClN3O5. The summed E-state index contributed by atoms with van der Waals surface area (Å²) in [6, 6.07) is 9.81. The predicted molar refractivity (Wildman–Crippen MR) is 126 cm³/mol. The van der Waals surface area contributed by atoms with Gasteiger partial charge in [-0.3, -0.25) is 9.59 Å². The second-order valence-corrected chi connectivity index (χ2v) is 8.08. The quantitative estimate of drug-likeness (QED) is 0.440. The average Bonchev–Trinajstić information content (AvgIpc) is 3.02. The molecule has 174 valence electrons. The van der Waals surface area contributed by atoms with Crippen LogP contribution < -0.4 is 20.1 Å². The fourth-order valence-corrected chi connectivity index (χ4v) is 3.43. The number of nitrogens with zero attached hydrogens (tertiary/aromatic N) is 1. The van der Waals surface area contributed by atoms with Crippen molar-refractivity contribution in [3.05, 3.63) is 58.2 Å². The third-order valence-electron chi connectivity index (χ3n) is 5.02. The normalized spacial score (nSPS) is 15.4. The highest BCUT2D eigenvalue weighted by molar-refractivity contribution is 6.32. The number of carbonyl (C=O) groups excluding carboxylic acids is 3. The molecule has 33 heavy (non-hydrogen) atoms. The zero-order chi connectivity index (χ0) is 24.1. The van der Waals surface area contributed by atoms with Gasteiger partial charge in [0.15, 0.2) is 11.5 Å². The molecule has 0 aromatic heterocycles. The van der Waals surface area contributed by atoms with Crippen molar-refractivity contribution < 1.29 is 23.9 Å². The maximum Gasteiger partial charge on any atom is 0.329 e. The van der Waals surface area contributed by atoms with E-state index in [9.17, 15) is 14.4 Å². The highest BCUT2D eigenvalue weighted by atomic mass is 35.5. The Kier molecular flexibility index (Phi) is 7.60. The van der Waals surface area contributed by atoms with Crippen LogP contribution in [0.2, 0.25) is 5.02 Å². The van der Waals surface area contributed by atoms with Crippen LogP contribution in [0.1, 0.15) is 31.4 Å². The number of hydrogen-bond donors (Lipinski definition) is 2. The van der Waals surface area contributed by atoms with E-state index in [1.807, 2.05) is 26.8 Å². The number of rotatable bonds is 8. The number of aryl methyl sites for hydroxylation is 1. The lowest BCUT2D eigenvalue weighted by Gasteiger charge is -2.17. The van der Waals surface area contributed by atoms with E-state index < -0.39 is 24.4 Å². The molecule has 2 aromatic rings. The van der Waals surface area contributed by atoms with Crippen LogP contribution in [0.4, 0.5) is 10.5 Å². The average molecular weight is 472 g/mol. The lowest BCUT2D eigenvalue weighted by atomic mass is 10.1. The number of amides is 4. The zero-order valence-electron chi connectivity index (χ0n) is 18.9. The summed E-state index contributed by atoms with van der Waals surface area (Å²) in [5, 5.41) is 5.49. The number of carbonyl (C=O) groups is 3. The first kappa shape index (κ1) is 24.1. The largest absolute Gasteiger partial charge is 0.493 e. The smallest absolute Gasteiger partial charge is 0.329 e. The number of ether oxygens (including phenoxy) is 2. The lowest BCUT2D eigenvalue weighted by molar-refractivity contribution is -0.127. The molecule has 0 radical (unpaired) electrons. The number of halogens is 1. The molecule has 0 spiro atoms. The first-order valence-electron chi connectivity index (χ1n) is 10.5. The van der Waals surface area contributed by atoms with Gasteiger partial charge in [-0.2, -0.15) is 0 Å². The Morgan fingerprint density at radius 2 is 2.03 bits per heavy atom. The van der Waals surface area contributed by atoms with Crippen LogP contribution in [-0.4, -0.2) is 42.5 Å². The van der Waals surface area contributed by atoms with Crippen molar-refractivity contribution >= 4 is 41.2 Å². The summed E-state index contributed by atoms with van der Waals surface area (Å²) in [6.07, 6.45) is 2.20. The molecule has 0 bridgehead atoms. The minimum atomic E-state index is -0.680. The van der Waals surface area contributed by atoms with E-state index >= 15 is 0 Å². The van der Waals surface area contributed by atoms with Crippen LogP contribution in [0, 0.1) is 6.92 Å². The van der Waals surface area contributed by atoms with Gasteiger partial charge < -0.3 is 20.1 Å². The molecule has 1 aliphatic heterocycles. The summed E-state index contributed by atoms with van der Waals surface area (Å²) in [7, 11) is 1.49. The molecule has 1 heterocycles. The van der Waals surface area contributed by atoms with Crippen molar-refractivity contribution in [1.29, 1.82) is 0 Å². The second-order valence-electron chi connectivity index (χ2n) is 7.67. The van der Waals surface area contributed by atoms with Crippen molar-refractivity contribution in [2.24, 2.45) is 0 Å². The van der Waals surface area contributed by atoms with E-state index in [1.165, 1.54) is 13.2 Å². The van der Waals surface area contributed by atoms with Gasteiger partial charge in [-0.15, -0.1) is 0 Å². The summed E-state index contributed by atoms with van der Waals surface area (Å²) < 4.78 is 11.2. The summed E-state index contributed by atoms with van der Waals surface area (Å²) in [5.74, 6) is -0.288. The molecule has 0 aliphatic carbocycles. The Labute approximate surface area is 197 Å². The number of imide groups is 1. The molecule has 1 aliphatic rings. The molecule has 1 saturated heterocycles. The molecule has 2 aromatic carbocycles. The van der Waals surface area contributed by atoms with Crippen molar-refractivity contribution in [3.63, 3.8) is 0 Å². The van der Waals surface area contributed by atoms with Gasteiger partial charge in [-0.25, -0.2) is 9.69 Å². The summed E-state index contributed by atoms with van der Waals surface area (Å²) in [6.45, 7) is 5.39. The lowest BCUT2D eigenvalue weighted by Crippen LogP contribution is -2.38. The fraction of sp³-hybridized carbons (Fsp3) is 0.292. The molecule has 3 rings (SSSR count). The standard InChI is InChI=1S/C24H26ClN3O5/c1-5-15(3)33-22-18(25)10-16(12-20(22)32-4)11-19-23(30)28(24(31)27-19)13-21(29)26-17-8-6-7-14(2)9-17/h6-12,15H,5,13H2,1-4H3,(H,26,29)(H,27,31)/b19-11+/t15-/m0/s1. The van der Waals surface area contributed by atoms with Gasteiger partial charge in [0.2, 0.25) is 5.91 Å². The second kappa shape index (κ2) is 10.4. The van der Waals surface area contributed by atoms with Crippen molar-refractivity contribution in [3.8, 4) is 11.5 Å². The summed E-state index contributed by atoms with van der Waals surface area (Å²) in [5.41, 5.74) is 2.12. The SMILES string of the molecule is CC[C@H](C)Oc1c(Cl)cc(/C=C2/NC(=O)N(CC(=O)Nc3cccc(C)c3)C2=O)cc1OC. The van der Waals surface area contributed by atoms with Gasteiger partial charge in [0, 0.05) is 5.69 Å². The number of hydrogen-bond acceptors (Lipinski definition) is 5. The van der Waals surface area contributed by atoms with Crippen LogP contribution in [0.25, 0.3) is 6.08 Å². The van der Waals surface area contributed by atoms with E-state index in [0.717, 1.165) is 16.9 Å². The minimum absolute atomic E-state index is 0.0251. The highest BCUT2D eigenvalue weighted by Crippen LogP contribution is 2.38. The first-order valence-corrected chi connectivity index (χ1v) is 10.8. The van der Waals surface area contributed by atoms with Crippen LogP contribution in [0.3, 0.4) is 0 Å². The Morgan fingerprint density at radius 3 is 2.70 bits per heavy atom. The van der Waals surface area contributed by atoms with Crippen LogP contribution in [0.5, 0.6) is 11.5 Å². The summed E-state index contributed by atoms with van der Waals surface area (Å²) in [4.78, 5) is 38.3. The van der Waals surface area contributed by atoms with E-state index in [2.05, 4.69) is 10.6 Å². The van der Waals surface area contributed by atoms with Crippen molar-refractivity contribution in [2.45, 2.75) is 33.3 Å². The molecule has 0 unspecified atom stereocenters. The third-order valence-corrected chi connectivity index (χ3v) is 5.30. The van der Waals surface area contributed by atoms with Gasteiger partial charge in [-0.1, -0.05) is 30.7 Å². The molecule has 1 fully saturated rings. The maximum atomic E-state index is 12.8. The fourth-order valence-electron chi connectivity index (χ4n) is 3.17. The van der Waals surface area contributed by atoms with Gasteiger partial charge >= 0.3 is 6.03 Å². The molecule has 9 heteroatoms. The molecule has 1 atom stereocenters. The predicted octanol–water partition coefficient (Wildman–Crippen LogP) is 4.37. The van der Waals surface area contributed by atoms with E-state index in [0.29, 0.717) is 27.8 Å². The first-order chi connectivity index (χ1) is 15.7. The van der Waals surface area contributed by atoms with E-state index in [1.54, 1.807) is 30.3 Å². The monoisotopic (exact) mass is 471 g/mol. The topological polar surface area (TPSA) is 97.0 Å². The number of benzene rings is 2. The van der Waals surface area contributed by atoms with Gasteiger partial charge in [0.1, 0.15) is 12.2 Å². The number of anilines is 1. The van der Waals surface area contributed by atoms with Crippen LogP contribution in [0.15, 0.2) is 42.1 Å². The Morgan fingerprint density at radius 1 is 1.27 bits per heavy atom. The Bertz CT molecular complexity index is 1120. The number of nitrogens with one attached hydrogen (secondary N) is 2. The Balaban J connectivity index is 1.76. The molecule has 4 amide bonds. The Hall–Kier alpha value is -3.52. The number of urea groups is 1. The van der Waals surface area contributed by atoms with Gasteiger partial charge in [-0.05, 0) is 61.7 Å². The highest BCUT2D eigenvalue weighted by Gasteiger charge is 2.35. The molecular weight excluding hydrogens is 446 g/mol. The number of methoxy groups -OCH3 is 1. The molecule has 8 nitrogen and oxygen atoms in total. The zero-order valence-corrected chi connectivity index (χ0v) is 19.7.